The van der Waals surface area contributed by atoms with Crippen molar-refractivity contribution in [3.63, 3.8) is 0 Å². The number of nitrogens with one attached hydrogen (secondary N) is 4. The molecule has 0 spiro atoms. The Hall–Kier alpha value is -5.54. The van der Waals surface area contributed by atoms with E-state index in [1.54, 1.807) is 23.5 Å². The van der Waals surface area contributed by atoms with Crippen LogP contribution in [0, 0.1) is 20.8 Å². The third kappa shape index (κ3) is 10.6. The van der Waals surface area contributed by atoms with Crippen molar-refractivity contribution in [2.45, 2.75) is 103 Å². The number of imide groups is 1. The van der Waals surface area contributed by atoms with Gasteiger partial charge in [0, 0.05) is 46.1 Å². The number of hydrogen-bond donors (Lipinski definition) is 4. The van der Waals surface area contributed by atoms with Gasteiger partial charge in [0.15, 0.2) is 12.1 Å². The highest BCUT2D eigenvalue weighted by Gasteiger charge is 2.33. The minimum atomic E-state index is -0.907. The topological polar surface area (TPSA) is 194 Å². The van der Waals surface area contributed by atoms with Gasteiger partial charge in [0.1, 0.15) is 22.9 Å². The molecule has 5 amide bonds. The summed E-state index contributed by atoms with van der Waals surface area (Å²) in [7, 11) is 0. The van der Waals surface area contributed by atoms with Gasteiger partial charge in [0.05, 0.1) is 24.1 Å². The van der Waals surface area contributed by atoms with Crippen molar-refractivity contribution in [2.24, 2.45) is 4.99 Å². The molecule has 0 bridgehead atoms. The minimum Gasteiger partial charge on any atom is -0.356 e. The Kier molecular flexibility index (Phi) is 14.6. The summed E-state index contributed by atoms with van der Waals surface area (Å²) in [5.74, 6) is -0.634. The van der Waals surface area contributed by atoms with E-state index in [-0.39, 0.29) is 48.6 Å². The standard InChI is InChI=1S/C43H49ClN8O6S/c1-25-26(2)59-43-37(25)39(28-14-16-31(44)17-15-28)47-33(40-51-50-27(3)52(40)43)23-36(56)46-21-10-8-6-4-5-7-9-20-45-35(55)22-29-12-11-13-30(24-53)38(29)42(58)48-32-18-19-34(54)49-41(32)57/h11-17,24,32-33H,4-10,18-23H2,1-3H3,(H,45,55)(H,46,56)(H,48,58)(H,49,54,57)/t32?,33-/m0/s1. The zero-order chi connectivity index (χ0) is 42.1. The number of rotatable bonds is 18. The van der Waals surface area contributed by atoms with Crippen molar-refractivity contribution < 1.29 is 28.8 Å². The molecule has 310 valence electrons. The number of aldehydes is 1. The third-order valence-corrected chi connectivity index (χ3v) is 12.1. The molecule has 1 saturated heterocycles. The summed E-state index contributed by atoms with van der Waals surface area (Å²) < 4.78 is 2.04. The second-order valence-corrected chi connectivity index (χ2v) is 16.6. The van der Waals surface area contributed by atoms with Crippen molar-refractivity contribution >= 4 is 64.5 Å². The molecule has 16 heteroatoms. The molecular weight excluding hydrogens is 792 g/mol. The zero-order valence-corrected chi connectivity index (χ0v) is 35.1. The smallest absolute Gasteiger partial charge is 0.252 e. The van der Waals surface area contributed by atoms with Gasteiger partial charge in [-0.1, -0.05) is 74.0 Å². The molecule has 4 heterocycles. The number of amides is 5. The Morgan fingerprint density at radius 1 is 0.915 bits per heavy atom. The van der Waals surface area contributed by atoms with E-state index >= 15 is 0 Å². The number of aromatic nitrogens is 3. The third-order valence-electron chi connectivity index (χ3n) is 10.7. The van der Waals surface area contributed by atoms with Crippen LogP contribution in [0.1, 0.15) is 130 Å². The van der Waals surface area contributed by atoms with E-state index < -0.39 is 29.8 Å². The fourth-order valence-electron chi connectivity index (χ4n) is 7.41. The highest BCUT2D eigenvalue weighted by atomic mass is 35.5. The van der Waals surface area contributed by atoms with Crippen molar-refractivity contribution in [1.82, 2.24) is 36.0 Å². The molecule has 1 unspecified atom stereocenters. The van der Waals surface area contributed by atoms with Crippen molar-refractivity contribution in [1.29, 1.82) is 0 Å². The summed E-state index contributed by atoms with van der Waals surface area (Å²) in [4.78, 5) is 80.9. The van der Waals surface area contributed by atoms with E-state index in [1.807, 2.05) is 35.8 Å². The lowest BCUT2D eigenvalue weighted by molar-refractivity contribution is -0.134. The molecule has 6 rings (SSSR count). The molecule has 4 N–H and O–H groups in total. The Morgan fingerprint density at radius 2 is 1.59 bits per heavy atom. The average molecular weight is 841 g/mol. The van der Waals surface area contributed by atoms with Gasteiger partial charge >= 0.3 is 0 Å². The second-order valence-electron chi connectivity index (χ2n) is 14.9. The first kappa shape index (κ1) is 43.0. The van der Waals surface area contributed by atoms with Gasteiger partial charge in [-0.15, -0.1) is 21.5 Å². The molecule has 0 radical (unpaired) electrons. The number of thiophene rings is 1. The van der Waals surface area contributed by atoms with Crippen LogP contribution in [0.2, 0.25) is 5.02 Å². The number of aliphatic imine (C=N–C) groups is 1. The molecule has 14 nitrogen and oxygen atoms in total. The maximum absolute atomic E-state index is 13.3. The number of carbonyl (C=O) groups is 6. The molecule has 2 aromatic carbocycles. The van der Waals surface area contributed by atoms with E-state index in [1.165, 1.54) is 10.9 Å². The summed E-state index contributed by atoms with van der Waals surface area (Å²) in [6.07, 6.45) is 7.47. The van der Waals surface area contributed by atoms with Gasteiger partial charge in [-0.3, -0.25) is 43.6 Å². The van der Waals surface area contributed by atoms with E-state index in [4.69, 9.17) is 16.6 Å². The molecule has 4 aromatic rings. The quantitative estimate of drug-likeness (QED) is 0.0553. The number of nitrogens with zero attached hydrogens (tertiary/aromatic N) is 4. The van der Waals surface area contributed by atoms with Crippen LogP contribution < -0.4 is 21.3 Å². The SMILES string of the molecule is Cc1sc2c(c1C)C(c1ccc(Cl)cc1)=N[C@@H](CC(=O)NCCCCCCCCCNC(=O)Cc1cccc(C=O)c1C(=O)NC1CCC(=O)NC1=O)c1nnc(C)n1-2. The highest BCUT2D eigenvalue weighted by molar-refractivity contribution is 7.15. The fourth-order valence-corrected chi connectivity index (χ4v) is 8.75. The molecule has 0 aliphatic carbocycles. The number of piperidine rings is 1. The van der Waals surface area contributed by atoms with Crippen LogP contribution in [0.25, 0.3) is 5.00 Å². The lowest BCUT2D eigenvalue weighted by Crippen LogP contribution is -2.52. The van der Waals surface area contributed by atoms with Crippen LogP contribution in [0.5, 0.6) is 0 Å². The summed E-state index contributed by atoms with van der Waals surface area (Å²) in [5, 5.41) is 21.3. The predicted molar refractivity (Wildman–Crippen MR) is 225 cm³/mol. The maximum atomic E-state index is 13.3. The molecule has 2 aliphatic heterocycles. The summed E-state index contributed by atoms with van der Waals surface area (Å²) >= 11 is 7.90. The van der Waals surface area contributed by atoms with E-state index in [0.717, 1.165) is 78.2 Å². The van der Waals surface area contributed by atoms with Crippen molar-refractivity contribution in [3.8, 4) is 5.00 Å². The van der Waals surface area contributed by atoms with Crippen LogP contribution in [-0.2, 0) is 25.6 Å². The van der Waals surface area contributed by atoms with Crippen LogP contribution in [0.3, 0.4) is 0 Å². The molecule has 2 aromatic heterocycles. The molecular formula is C43H49ClN8O6S. The van der Waals surface area contributed by atoms with Gasteiger partial charge in [-0.2, -0.15) is 0 Å². The molecule has 0 saturated carbocycles. The van der Waals surface area contributed by atoms with Gasteiger partial charge in [0.25, 0.3) is 5.91 Å². The number of benzene rings is 2. The molecule has 2 atom stereocenters. The number of halogens is 1. The second kappa shape index (κ2) is 19.9. The van der Waals surface area contributed by atoms with Crippen LogP contribution in [0.15, 0.2) is 47.5 Å². The normalized spacial score (nSPS) is 16.0. The Morgan fingerprint density at radius 3 is 2.27 bits per heavy atom. The van der Waals surface area contributed by atoms with Gasteiger partial charge in [-0.05, 0) is 63.3 Å². The van der Waals surface area contributed by atoms with Gasteiger partial charge < -0.3 is 16.0 Å². The largest absolute Gasteiger partial charge is 0.356 e. The first-order valence-corrected chi connectivity index (χ1v) is 21.3. The Labute approximate surface area is 352 Å². The Balaban J connectivity index is 0.898. The highest BCUT2D eigenvalue weighted by Crippen LogP contribution is 2.39. The number of hydrogen-bond acceptors (Lipinski definition) is 10. The average Bonchev–Trinajstić information content (AvgIpc) is 3.69. The van der Waals surface area contributed by atoms with Crippen LogP contribution in [-0.4, -0.2) is 75.4 Å². The van der Waals surface area contributed by atoms with Crippen molar-refractivity contribution in [3.05, 3.63) is 97.4 Å². The first-order valence-electron chi connectivity index (χ1n) is 20.1. The number of unbranched alkanes of at least 4 members (excludes halogenated alkanes) is 6. The fraction of sp³-hybridized carbons (Fsp3) is 0.419. The van der Waals surface area contributed by atoms with Crippen molar-refractivity contribution in [2.75, 3.05) is 13.1 Å². The number of aryl methyl sites for hydroxylation is 2. The summed E-state index contributed by atoms with van der Waals surface area (Å²) in [5.41, 5.74) is 4.43. The number of fused-ring (bicyclic) bond motifs is 3. The van der Waals surface area contributed by atoms with Crippen LogP contribution in [0.4, 0.5) is 0 Å². The summed E-state index contributed by atoms with van der Waals surface area (Å²) in [6, 6.07) is 10.9. The van der Waals surface area contributed by atoms with E-state index in [9.17, 15) is 28.8 Å². The first-order chi connectivity index (χ1) is 28.4. The summed E-state index contributed by atoms with van der Waals surface area (Å²) in [6.45, 7) is 7.16. The van der Waals surface area contributed by atoms with Crippen LogP contribution >= 0.6 is 22.9 Å². The van der Waals surface area contributed by atoms with Gasteiger partial charge in [0.2, 0.25) is 23.6 Å². The monoisotopic (exact) mass is 840 g/mol. The van der Waals surface area contributed by atoms with E-state index in [0.29, 0.717) is 35.8 Å². The molecule has 59 heavy (non-hydrogen) atoms. The number of carbonyl (C=O) groups excluding carboxylic acids is 6. The zero-order valence-electron chi connectivity index (χ0n) is 33.5. The van der Waals surface area contributed by atoms with E-state index in [2.05, 4.69) is 45.3 Å². The lowest BCUT2D eigenvalue weighted by atomic mass is 9.97. The lowest BCUT2D eigenvalue weighted by Gasteiger charge is -2.22. The minimum absolute atomic E-state index is 0.0441. The molecule has 1 fully saturated rings. The van der Waals surface area contributed by atoms with Gasteiger partial charge in [-0.25, -0.2) is 0 Å². The molecule has 2 aliphatic rings. The Bertz CT molecular complexity index is 2270. The predicted octanol–water partition coefficient (Wildman–Crippen LogP) is 5.74. The maximum Gasteiger partial charge on any atom is 0.252 e.